The maximum absolute atomic E-state index is 12.5. The molecule has 1 saturated heterocycles. The summed E-state index contributed by atoms with van der Waals surface area (Å²) in [5.41, 5.74) is 0.900. The molecule has 0 aromatic carbocycles. The molecule has 0 spiro atoms. The number of amides is 1. The minimum atomic E-state index is -2.45. The molecule has 0 atom stereocenters. The lowest BCUT2D eigenvalue weighted by molar-refractivity contribution is 0.101. The Morgan fingerprint density at radius 2 is 2.24 bits per heavy atom. The number of hydrogen-bond donors (Lipinski definition) is 0. The largest absolute Gasteiger partial charge is 0.379 e. The Labute approximate surface area is 127 Å². The van der Waals surface area contributed by atoms with E-state index in [1.807, 2.05) is 24.6 Å². The second-order valence-corrected chi connectivity index (χ2v) is 8.50. The molecule has 3 heterocycles. The lowest BCUT2D eigenvalue weighted by atomic mass is 10.3. The van der Waals surface area contributed by atoms with Gasteiger partial charge in [-0.2, -0.15) is 9.46 Å². The van der Waals surface area contributed by atoms with Crippen LogP contribution in [0.5, 0.6) is 0 Å². The van der Waals surface area contributed by atoms with Crippen LogP contribution in [-0.2, 0) is 21.0 Å². The zero-order valence-corrected chi connectivity index (χ0v) is 13.6. The molecule has 1 fully saturated rings. The fourth-order valence-electron chi connectivity index (χ4n) is 2.30. The summed E-state index contributed by atoms with van der Waals surface area (Å²) >= 11 is 1.37. The summed E-state index contributed by atoms with van der Waals surface area (Å²) < 4.78 is 23.5. The maximum atomic E-state index is 12.5. The summed E-state index contributed by atoms with van der Waals surface area (Å²) in [4.78, 5) is 13.8. The summed E-state index contributed by atoms with van der Waals surface area (Å²) in [6, 6.07) is 1.81. The van der Waals surface area contributed by atoms with Crippen molar-refractivity contribution in [3.8, 4) is 0 Å². The average molecular weight is 327 g/mol. The molecule has 2 aromatic rings. The average Bonchev–Trinajstić information content (AvgIpc) is 3.00. The first-order valence-electron chi connectivity index (χ1n) is 6.84. The molecular formula is C13H17N3O3S2. The van der Waals surface area contributed by atoms with Crippen molar-refractivity contribution in [2.45, 2.75) is 20.4 Å². The van der Waals surface area contributed by atoms with E-state index in [9.17, 15) is 9.00 Å². The molecule has 1 aliphatic rings. The fourth-order valence-corrected chi connectivity index (χ4v) is 5.01. The number of aromatic nitrogens is 2. The van der Waals surface area contributed by atoms with Crippen molar-refractivity contribution < 1.29 is 13.7 Å². The van der Waals surface area contributed by atoms with Crippen LogP contribution in [0, 0.1) is 6.92 Å². The van der Waals surface area contributed by atoms with Crippen molar-refractivity contribution in [1.82, 2.24) is 9.78 Å². The van der Waals surface area contributed by atoms with Gasteiger partial charge in [0.15, 0.2) is 0 Å². The Morgan fingerprint density at radius 3 is 2.90 bits per heavy atom. The molecule has 2 aromatic heterocycles. The summed E-state index contributed by atoms with van der Waals surface area (Å²) in [6.45, 7) is 5.50. The molecule has 21 heavy (non-hydrogen) atoms. The minimum Gasteiger partial charge on any atom is -0.379 e. The molecule has 0 N–H and O–H groups in total. The topological polar surface area (TPSA) is 73.5 Å². The van der Waals surface area contributed by atoms with E-state index in [1.54, 1.807) is 0 Å². The van der Waals surface area contributed by atoms with E-state index in [2.05, 4.69) is 9.46 Å². The van der Waals surface area contributed by atoms with Gasteiger partial charge in [-0.3, -0.25) is 9.48 Å². The SMILES string of the molecule is CCn1nc(C)c2cc(C(=O)N=S3(=O)CCOCC3)sc21. The van der Waals surface area contributed by atoms with Crippen LogP contribution < -0.4 is 0 Å². The summed E-state index contributed by atoms with van der Waals surface area (Å²) in [5, 5.41) is 5.38. The van der Waals surface area contributed by atoms with Gasteiger partial charge in [0.25, 0.3) is 5.91 Å². The van der Waals surface area contributed by atoms with E-state index in [4.69, 9.17) is 4.74 Å². The Kier molecular flexibility index (Phi) is 3.85. The van der Waals surface area contributed by atoms with Crippen molar-refractivity contribution in [3.05, 3.63) is 16.6 Å². The van der Waals surface area contributed by atoms with Crippen molar-refractivity contribution in [3.63, 3.8) is 0 Å². The van der Waals surface area contributed by atoms with E-state index < -0.39 is 9.73 Å². The van der Waals surface area contributed by atoms with E-state index in [0.29, 0.717) is 29.6 Å². The van der Waals surface area contributed by atoms with Crippen LogP contribution in [0.15, 0.2) is 10.4 Å². The summed E-state index contributed by atoms with van der Waals surface area (Å²) in [6.07, 6.45) is 0. The molecule has 0 aliphatic carbocycles. The summed E-state index contributed by atoms with van der Waals surface area (Å²) in [7, 11) is -2.45. The molecule has 1 aliphatic heterocycles. The highest BCUT2D eigenvalue weighted by Crippen LogP contribution is 2.29. The van der Waals surface area contributed by atoms with Crippen molar-refractivity contribution >= 4 is 37.2 Å². The first-order chi connectivity index (χ1) is 10.0. The molecule has 8 heteroatoms. The molecule has 0 unspecified atom stereocenters. The van der Waals surface area contributed by atoms with E-state index in [0.717, 1.165) is 22.5 Å². The number of hydrogen-bond acceptors (Lipinski definition) is 5. The highest BCUT2D eigenvalue weighted by molar-refractivity contribution is 7.94. The minimum absolute atomic E-state index is 0.339. The Bertz CT molecular complexity index is 800. The monoisotopic (exact) mass is 327 g/mol. The van der Waals surface area contributed by atoms with Gasteiger partial charge in [0.05, 0.1) is 45.0 Å². The van der Waals surface area contributed by atoms with E-state index in [-0.39, 0.29) is 5.91 Å². The third-order valence-electron chi connectivity index (χ3n) is 3.46. The smallest absolute Gasteiger partial charge is 0.295 e. The molecule has 1 amide bonds. The molecule has 6 nitrogen and oxygen atoms in total. The van der Waals surface area contributed by atoms with Crippen LogP contribution in [0.3, 0.4) is 0 Å². The van der Waals surface area contributed by atoms with Gasteiger partial charge in [-0.15, -0.1) is 11.3 Å². The first kappa shape index (κ1) is 14.7. The number of fused-ring (bicyclic) bond motifs is 1. The lowest BCUT2D eigenvalue weighted by Crippen LogP contribution is -2.26. The molecule has 0 saturated carbocycles. The maximum Gasteiger partial charge on any atom is 0.295 e. The molecule has 0 bridgehead atoms. The summed E-state index contributed by atoms with van der Waals surface area (Å²) in [5.74, 6) is 0.293. The predicted octanol–water partition coefficient (Wildman–Crippen LogP) is 2.06. The number of ether oxygens (including phenoxy) is 1. The zero-order chi connectivity index (χ0) is 15.0. The third kappa shape index (κ3) is 2.75. The van der Waals surface area contributed by atoms with Gasteiger partial charge in [0.2, 0.25) is 0 Å². The van der Waals surface area contributed by atoms with Crippen LogP contribution in [0.1, 0.15) is 22.3 Å². The van der Waals surface area contributed by atoms with Gasteiger partial charge in [-0.05, 0) is 19.9 Å². The van der Waals surface area contributed by atoms with Crippen LogP contribution in [0.2, 0.25) is 0 Å². The van der Waals surface area contributed by atoms with Gasteiger partial charge in [0, 0.05) is 11.9 Å². The quantitative estimate of drug-likeness (QED) is 0.846. The molecule has 3 rings (SSSR count). The lowest BCUT2D eigenvalue weighted by Gasteiger charge is -2.15. The van der Waals surface area contributed by atoms with Gasteiger partial charge in [-0.1, -0.05) is 0 Å². The van der Waals surface area contributed by atoms with Gasteiger partial charge >= 0.3 is 0 Å². The van der Waals surface area contributed by atoms with Gasteiger partial charge in [0.1, 0.15) is 4.83 Å². The first-order valence-corrected chi connectivity index (χ1v) is 9.51. The normalized spacial score (nSPS) is 18.0. The highest BCUT2D eigenvalue weighted by atomic mass is 32.2. The molecule has 114 valence electrons. The van der Waals surface area contributed by atoms with Crippen molar-refractivity contribution in [2.75, 3.05) is 24.7 Å². The number of carbonyl (C=O) groups is 1. The number of carbonyl (C=O) groups excluding carboxylic acids is 1. The zero-order valence-electron chi connectivity index (χ0n) is 12.0. The Morgan fingerprint density at radius 1 is 1.52 bits per heavy atom. The molecular weight excluding hydrogens is 310 g/mol. The van der Waals surface area contributed by atoms with Crippen LogP contribution in [0.25, 0.3) is 10.2 Å². The predicted molar refractivity (Wildman–Crippen MR) is 83.5 cm³/mol. The Balaban J connectivity index is 1.98. The fraction of sp³-hybridized carbons (Fsp3) is 0.538. The van der Waals surface area contributed by atoms with Gasteiger partial charge in [-0.25, -0.2) is 4.21 Å². The second kappa shape index (κ2) is 5.51. The Hall–Kier alpha value is -1.25. The van der Waals surface area contributed by atoms with Crippen LogP contribution in [-0.4, -0.2) is 44.6 Å². The number of nitrogens with zero attached hydrogens (tertiary/aromatic N) is 3. The van der Waals surface area contributed by atoms with Crippen molar-refractivity contribution in [1.29, 1.82) is 0 Å². The van der Waals surface area contributed by atoms with Gasteiger partial charge < -0.3 is 4.74 Å². The molecule has 0 radical (unpaired) electrons. The highest BCUT2D eigenvalue weighted by Gasteiger charge is 2.20. The van der Waals surface area contributed by atoms with Crippen LogP contribution >= 0.6 is 11.3 Å². The number of rotatable bonds is 2. The van der Waals surface area contributed by atoms with Crippen LogP contribution in [0.4, 0.5) is 0 Å². The van der Waals surface area contributed by atoms with E-state index >= 15 is 0 Å². The van der Waals surface area contributed by atoms with Crippen molar-refractivity contribution in [2.24, 2.45) is 4.36 Å². The standard InChI is InChI=1S/C13H17N3O3S2/c1-3-16-13-10(9(2)14-16)8-11(20-13)12(17)15-21(18)6-4-19-5-7-21/h8H,3-7H2,1-2H3. The second-order valence-electron chi connectivity index (χ2n) is 4.92. The number of thiophene rings is 1. The number of aryl methyl sites for hydroxylation is 2. The third-order valence-corrected chi connectivity index (χ3v) is 6.70. The van der Waals surface area contributed by atoms with E-state index in [1.165, 1.54) is 11.3 Å².